The van der Waals surface area contributed by atoms with E-state index in [1.807, 2.05) is 0 Å². The number of thiophene rings is 1. The van der Waals surface area contributed by atoms with Gasteiger partial charge in [0.1, 0.15) is 11.0 Å². The highest BCUT2D eigenvalue weighted by atomic mass is 32.1. The van der Waals surface area contributed by atoms with Crippen molar-refractivity contribution in [1.82, 2.24) is 19.1 Å². The van der Waals surface area contributed by atoms with E-state index in [1.54, 1.807) is 11.3 Å². The van der Waals surface area contributed by atoms with Crippen molar-refractivity contribution in [2.45, 2.75) is 0 Å². The molecule has 0 saturated carbocycles. The first-order chi connectivity index (χ1) is 35.2. The van der Waals surface area contributed by atoms with Gasteiger partial charge in [0.2, 0.25) is 0 Å². The van der Waals surface area contributed by atoms with Gasteiger partial charge in [-0.15, -0.1) is 11.3 Å². The van der Waals surface area contributed by atoms with Crippen LogP contribution >= 0.6 is 11.3 Å². The molecule has 0 spiro atoms. The van der Waals surface area contributed by atoms with Gasteiger partial charge in [-0.1, -0.05) is 170 Å². The zero-order valence-corrected chi connectivity index (χ0v) is 39.1. The molecular formula is C66H40N4S. The van der Waals surface area contributed by atoms with Gasteiger partial charge in [0.15, 0.2) is 0 Å². The van der Waals surface area contributed by atoms with Crippen molar-refractivity contribution in [2.24, 2.45) is 0 Å². The van der Waals surface area contributed by atoms with E-state index in [2.05, 4.69) is 252 Å². The van der Waals surface area contributed by atoms with E-state index < -0.39 is 0 Å². The molecule has 0 N–H and O–H groups in total. The second kappa shape index (κ2) is 15.7. The standard InChI is InChI=1S/C66H40N4S/c1-5-17-41(18-6-1)43-29-33-51-53(37-43)54-38-44(42-19-7-2-8-20-42)30-34-52(54)62-61(51)67-63-64(68-62)66(46-32-36-60-56(40-46)50-26-14-16-28-58(50)70(60)48-23-11-4-12-24-48)71-65(63)45-31-35-59-55(39-45)49-25-13-15-27-57(49)69(59)47-21-9-3-10-22-47/h1-40H. The van der Waals surface area contributed by atoms with Crippen molar-refractivity contribution >= 4 is 98.6 Å². The number of aromatic nitrogens is 4. The third kappa shape index (κ3) is 6.17. The Hall–Kier alpha value is -9.16. The lowest BCUT2D eigenvalue weighted by Crippen LogP contribution is -1.93. The van der Waals surface area contributed by atoms with Crippen LogP contribution in [0.3, 0.4) is 0 Å². The highest BCUT2D eigenvalue weighted by molar-refractivity contribution is 7.21. The van der Waals surface area contributed by atoms with Crippen LogP contribution in [0.25, 0.3) is 142 Å². The number of rotatable bonds is 6. The molecule has 15 rings (SSSR count). The summed E-state index contributed by atoms with van der Waals surface area (Å²) < 4.78 is 4.76. The Morgan fingerprint density at radius 2 is 0.592 bits per heavy atom. The van der Waals surface area contributed by atoms with Crippen LogP contribution in [0.1, 0.15) is 0 Å². The zero-order chi connectivity index (χ0) is 46.6. The van der Waals surface area contributed by atoms with E-state index in [0.29, 0.717) is 0 Å². The second-order valence-electron chi connectivity index (χ2n) is 18.5. The van der Waals surface area contributed by atoms with Crippen molar-refractivity contribution in [3.63, 3.8) is 0 Å². The van der Waals surface area contributed by atoms with E-state index in [9.17, 15) is 0 Å². The minimum Gasteiger partial charge on any atom is -0.309 e. The fourth-order valence-corrected chi connectivity index (χ4v) is 12.4. The van der Waals surface area contributed by atoms with Crippen molar-refractivity contribution in [2.75, 3.05) is 0 Å². The van der Waals surface area contributed by atoms with E-state index >= 15 is 0 Å². The molecule has 0 amide bonds. The average Bonchev–Trinajstić information content (AvgIpc) is 4.10. The molecule has 330 valence electrons. The van der Waals surface area contributed by atoms with E-state index in [1.165, 1.54) is 65.9 Å². The Labute approximate surface area is 412 Å². The largest absolute Gasteiger partial charge is 0.309 e. The van der Waals surface area contributed by atoms with Gasteiger partial charge in [0.25, 0.3) is 0 Å². The summed E-state index contributed by atoms with van der Waals surface area (Å²) in [7, 11) is 0. The minimum absolute atomic E-state index is 0.904. The topological polar surface area (TPSA) is 35.6 Å². The van der Waals surface area contributed by atoms with Crippen LogP contribution < -0.4 is 0 Å². The predicted molar refractivity (Wildman–Crippen MR) is 300 cm³/mol. The summed E-state index contributed by atoms with van der Waals surface area (Å²) in [5.74, 6) is 0. The van der Waals surface area contributed by atoms with Gasteiger partial charge in [-0.2, -0.15) is 0 Å². The maximum atomic E-state index is 5.85. The summed E-state index contributed by atoms with van der Waals surface area (Å²) in [4.78, 5) is 13.9. The van der Waals surface area contributed by atoms with Crippen LogP contribution in [-0.2, 0) is 0 Å². The van der Waals surface area contributed by atoms with Crippen LogP contribution in [0, 0.1) is 0 Å². The molecule has 0 aliphatic carbocycles. The molecule has 0 aliphatic rings. The monoisotopic (exact) mass is 920 g/mol. The van der Waals surface area contributed by atoms with Gasteiger partial charge in [0.05, 0.1) is 42.9 Å². The summed E-state index contributed by atoms with van der Waals surface area (Å²) in [6, 6.07) is 87.8. The maximum absolute atomic E-state index is 5.85. The van der Waals surface area contributed by atoms with Gasteiger partial charge in [0, 0.05) is 43.7 Å². The molecule has 0 fully saturated rings. The molecule has 11 aromatic carbocycles. The van der Waals surface area contributed by atoms with Crippen LogP contribution in [0.5, 0.6) is 0 Å². The number of hydrogen-bond donors (Lipinski definition) is 0. The lowest BCUT2D eigenvalue weighted by Gasteiger charge is -2.13. The molecule has 4 nitrogen and oxygen atoms in total. The fourth-order valence-electron chi connectivity index (χ4n) is 11.2. The van der Waals surface area contributed by atoms with E-state index in [-0.39, 0.29) is 0 Å². The quantitative estimate of drug-likeness (QED) is 0.156. The van der Waals surface area contributed by atoms with E-state index in [0.717, 1.165) is 75.9 Å². The number of para-hydroxylation sites is 4. The summed E-state index contributed by atoms with van der Waals surface area (Å²) in [6.45, 7) is 0. The molecule has 0 atom stereocenters. The van der Waals surface area contributed by atoms with Gasteiger partial charge in [-0.25, -0.2) is 9.97 Å². The normalized spacial score (nSPS) is 11.9. The fraction of sp³-hybridized carbons (Fsp3) is 0. The lowest BCUT2D eigenvalue weighted by atomic mass is 9.93. The summed E-state index contributed by atoms with van der Waals surface area (Å²) in [6.07, 6.45) is 0. The van der Waals surface area contributed by atoms with Gasteiger partial charge >= 0.3 is 0 Å². The molecule has 4 heterocycles. The molecule has 0 bridgehead atoms. The Morgan fingerprint density at radius 3 is 1.03 bits per heavy atom. The molecule has 0 saturated heterocycles. The summed E-state index contributed by atoms with van der Waals surface area (Å²) in [5, 5.41) is 9.32. The Morgan fingerprint density at radius 1 is 0.239 bits per heavy atom. The third-order valence-corrected chi connectivity index (χ3v) is 15.7. The Kier molecular flexibility index (Phi) is 8.79. The molecule has 4 aromatic heterocycles. The van der Waals surface area contributed by atoms with Crippen molar-refractivity contribution in [1.29, 1.82) is 0 Å². The van der Waals surface area contributed by atoms with Crippen LogP contribution in [-0.4, -0.2) is 19.1 Å². The smallest absolute Gasteiger partial charge is 0.109 e. The number of hydrogen-bond acceptors (Lipinski definition) is 3. The minimum atomic E-state index is 0.904. The second-order valence-corrected chi connectivity index (χ2v) is 19.5. The highest BCUT2D eigenvalue weighted by Gasteiger charge is 2.24. The summed E-state index contributed by atoms with van der Waals surface area (Å²) >= 11 is 1.80. The first-order valence-electron chi connectivity index (χ1n) is 24.1. The van der Waals surface area contributed by atoms with Gasteiger partial charge in [-0.05, 0) is 117 Å². The molecule has 15 aromatic rings. The highest BCUT2D eigenvalue weighted by Crippen LogP contribution is 2.48. The number of fused-ring (bicyclic) bond motifs is 13. The molecule has 0 aliphatic heterocycles. The van der Waals surface area contributed by atoms with Crippen LogP contribution in [0.15, 0.2) is 243 Å². The maximum Gasteiger partial charge on any atom is 0.109 e. The van der Waals surface area contributed by atoms with Crippen LogP contribution in [0.4, 0.5) is 0 Å². The van der Waals surface area contributed by atoms with Gasteiger partial charge < -0.3 is 9.13 Å². The van der Waals surface area contributed by atoms with Crippen LogP contribution in [0.2, 0.25) is 0 Å². The first kappa shape index (κ1) is 39.8. The SMILES string of the molecule is c1ccc(-c2ccc3c(c2)c2cc(-c4ccccc4)ccc2c2nc4c(-c5ccc6c(c5)c5ccccc5n6-c5ccccc5)sc(-c5ccc6c(c5)c5ccccc5n6-c5ccccc5)c4nc32)cc1. The number of benzene rings is 11. The Balaban J connectivity index is 1.03. The first-order valence-corrected chi connectivity index (χ1v) is 25.0. The lowest BCUT2D eigenvalue weighted by molar-refractivity contribution is 1.18. The molecular weight excluding hydrogens is 881 g/mol. The molecule has 71 heavy (non-hydrogen) atoms. The van der Waals surface area contributed by atoms with Crippen molar-refractivity contribution in [3.8, 4) is 54.5 Å². The molecule has 0 radical (unpaired) electrons. The van der Waals surface area contributed by atoms with Crippen molar-refractivity contribution < 1.29 is 0 Å². The Bertz CT molecular complexity index is 4310. The van der Waals surface area contributed by atoms with Crippen molar-refractivity contribution in [3.05, 3.63) is 243 Å². The zero-order valence-electron chi connectivity index (χ0n) is 38.3. The molecule has 5 heteroatoms. The predicted octanol–water partition coefficient (Wildman–Crippen LogP) is 18.0. The van der Waals surface area contributed by atoms with Gasteiger partial charge in [-0.3, -0.25) is 0 Å². The van der Waals surface area contributed by atoms with E-state index in [4.69, 9.17) is 9.97 Å². The average molecular weight is 921 g/mol. The molecule has 0 unspecified atom stereocenters. The summed E-state index contributed by atoms with van der Waals surface area (Å²) in [5.41, 5.74) is 17.5. The third-order valence-electron chi connectivity index (χ3n) is 14.5. The number of nitrogens with zero attached hydrogens (tertiary/aromatic N) is 4.